The van der Waals surface area contributed by atoms with Crippen molar-refractivity contribution in [2.45, 2.75) is 58.0 Å². The fraction of sp³-hybridized carbons (Fsp3) is 0.420. The van der Waals surface area contributed by atoms with Crippen LogP contribution in [0, 0.1) is 24.5 Å². The highest BCUT2D eigenvalue weighted by Crippen LogP contribution is 2.35. The van der Waals surface area contributed by atoms with Crippen molar-refractivity contribution in [3.63, 3.8) is 0 Å². The molecule has 16 heteroatoms. The Morgan fingerprint density at radius 1 is 0.879 bits per heavy atom. The molecule has 4 aliphatic heterocycles. The Hall–Kier alpha value is -6.39. The van der Waals surface area contributed by atoms with Crippen molar-refractivity contribution in [1.82, 2.24) is 34.1 Å². The number of carbonyl (C=O) groups is 3. The summed E-state index contributed by atoms with van der Waals surface area (Å²) in [6, 6.07) is 15.1. The number of nitrogens with zero attached hydrogens (tertiary/aromatic N) is 7. The topological polar surface area (TPSA) is 140 Å². The van der Waals surface area contributed by atoms with Gasteiger partial charge in [0.1, 0.15) is 23.3 Å². The van der Waals surface area contributed by atoms with E-state index in [1.54, 1.807) is 42.2 Å². The van der Waals surface area contributed by atoms with E-state index in [-0.39, 0.29) is 41.5 Å². The molecule has 14 nitrogen and oxygen atoms in total. The highest BCUT2D eigenvalue weighted by molar-refractivity contribution is 6.01. The summed E-state index contributed by atoms with van der Waals surface area (Å²) in [5, 5.41) is 9.27. The molecule has 4 aliphatic rings. The Labute approximate surface area is 383 Å². The van der Waals surface area contributed by atoms with Gasteiger partial charge in [-0.3, -0.25) is 38.9 Å². The maximum atomic E-state index is 16.1. The number of pyridine rings is 2. The first-order chi connectivity index (χ1) is 31.8. The van der Waals surface area contributed by atoms with Gasteiger partial charge in [0.05, 0.1) is 11.4 Å². The van der Waals surface area contributed by atoms with Crippen LogP contribution in [0.5, 0.6) is 0 Å². The molecule has 0 bridgehead atoms. The van der Waals surface area contributed by atoms with Gasteiger partial charge in [0, 0.05) is 138 Å². The van der Waals surface area contributed by atoms with Crippen molar-refractivity contribution in [2.24, 2.45) is 13.0 Å². The number of amides is 3. The molecule has 3 saturated heterocycles. The number of hydrogen-bond donors (Lipinski definition) is 3. The minimum absolute atomic E-state index is 0.0266. The van der Waals surface area contributed by atoms with Crippen molar-refractivity contribution in [3.8, 4) is 5.69 Å². The van der Waals surface area contributed by atoms with Crippen LogP contribution in [0.3, 0.4) is 0 Å². The van der Waals surface area contributed by atoms with Gasteiger partial charge in [-0.25, -0.2) is 13.8 Å². The molecule has 5 aromatic rings. The first-order valence-corrected chi connectivity index (χ1v) is 23.1. The van der Waals surface area contributed by atoms with Gasteiger partial charge in [0.15, 0.2) is 0 Å². The van der Waals surface area contributed by atoms with Crippen LogP contribution in [0.2, 0.25) is 0 Å². The lowest BCUT2D eigenvalue weighted by Gasteiger charge is -2.39. The van der Waals surface area contributed by atoms with Crippen LogP contribution in [-0.4, -0.2) is 119 Å². The lowest BCUT2D eigenvalue weighted by molar-refractivity contribution is -0.133. The summed E-state index contributed by atoms with van der Waals surface area (Å²) in [6.07, 6.45) is 8.62. The number of nitrogens with one attached hydrogen (secondary N) is 3. The summed E-state index contributed by atoms with van der Waals surface area (Å²) < 4.78 is 35.0. The molecular formula is C50H58F2N10O4. The van der Waals surface area contributed by atoms with Gasteiger partial charge in [0.25, 0.3) is 11.5 Å². The minimum Gasteiger partial charge on any atom is -0.388 e. The number of imide groups is 1. The molecule has 3 aromatic heterocycles. The van der Waals surface area contributed by atoms with Crippen LogP contribution >= 0.6 is 0 Å². The number of piperidine rings is 2. The number of anilines is 3. The molecule has 2 atom stereocenters. The van der Waals surface area contributed by atoms with Gasteiger partial charge in [-0.2, -0.15) is 0 Å². The van der Waals surface area contributed by atoms with Gasteiger partial charge in [-0.05, 0) is 105 Å². The molecule has 0 spiro atoms. The number of carbonyl (C=O) groups excluding carboxylic acids is 3. The van der Waals surface area contributed by atoms with Crippen LogP contribution in [-0.2, 0) is 16.6 Å². The summed E-state index contributed by atoms with van der Waals surface area (Å²) in [4.78, 5) is 63.7. The SMILES string of the molecule is CNc1ccn(-c2ccnc3c2cc([C@H](C)N2CC=C(c4c(C)cc(C(=O)N5CCC(CN6CCN(c7ccc(N[C@H]8CCC(=O)NC8=O)cc7F)CC6)CC5)cc4F)CC2)n3C)c(=O)c1. The minimum atomic E-state index is -0.572. The zero-order valence-electron chi connectivity index (χ0n) is 38.1. The monoisotopic (exact) mass is 900 g/mol. The number of benzene rings is 2. The average Bonchev–Trinajstić information content (AvgIpc) is 3.66. The number of hydrogen-bond acceptors (Lipinski definition) is 10. The summed E-state index contributed by atoms with van der Waals surface area (Å²) in [5.74, 6) is -1.12. The number of piperazine rings is 1. The van der Waals surface area contributed by atoms with Crippen LogP contribution < -0.4 is 26.4 Å². The summed E-state index contributed by atoms with van der Waals surface area (Å²) in [5.41, 5.74) is 6.94. The number of aromatic nitrogens is 3. The molecule has 3 N–H and O–H groups in total. The molecule has 7 heterocycles. The van der Waals surface area contributed by atoms with Gasteiger partial charge < -0.3 is 25.0 Å². The Bertz CT molecular complexity index is 2750. The number of likely N-dealkylation sites (tertiary alicyclic amines) is 1. The second-order valence-electron chi connectivity index (χ2n) is 18.2. The summed E-state index contributed by atoms with van der Waals surface area (Å²) in [6.45, 7) is 10.5. The molecule has 9 rings (SSSR count). The maximum absolute atomic E-state index is 16.1. The van der Waals surface area contributed by atoms with E-state index < -0.39 is 11.9 Å². The first kappa shape index (κ1) is 44.8. The molecule has 0 radical (unpaired) electrons. The number of fused-ring (bicyclic) bond motifs is 1. The first-order valence-electron chi connectivity index (χ1n) is 23.1. The Balaban J connectivity index is 0.764. The second-order valence-corrected chi connectivity index (χ2v) is 18.2. The lowest BCUT2D eigenvalue weighted by Crippen LogP contribution is -2.49. The Kier molecular flexibility index (Phi) is 12.8. The molecule has 3 fully saturated rings. The van der Waals surface area contributed by atoms with Crippen molar-refractivity contribution >= 4 is 51.4 Å². The third-order valence-corrected chi connectivity index (χ3v) is 14.1. The highest BCUT2D eigenvalue weighted by atomic mass is 19.1. The lowest BCUT2D eigenvalue weighted by atomic mass is 9.92. The Morgan fingerprint density at radius 3 is 2.35 bits per heavy atom. The number of halogens is 2. The van der Waals surface area contributed by atoms with Crippen LogP contribution in [0.4, 0.5) is 25.8 Å². The standard InChI is InChI=1S/C50H58F2N10O4/c1-31-25-35(50(66)61-16-10-33(11-17-61)30-58-21-23-60(24-22-58)43-7-5-37(27-39(43)51)55-41-6-8-45(63)56-49(41)65)26-40(52)47(31)34-12-18-59(19-13-34)32(2)44-29-38-42(9-15-54-48(38)57(44)4)62-20-14-36(53-3)28-46(62)64/h5,7,9,12,14-15,20,25-29,32-33,41,53,55H,6,8,10-11,13,16-19,21-24,30H2,1-4H3,(H,56,63,65)/t32-,41-/m0/s1. The van der Waals surface area contributed by atoms with Crippen molar-refractivity contribution in [2.75, 3.05) is 81.5 Å². The van der Waals surface area contributed by atoms with Crippen molar-refractivity contribution in [3.05, 3.63) is 117 Å². The van der Waals surface area contributed by atoms with E-state index in [9.17, 15) is 19.2 Å². The zero-order chi connectivity index (χ0) is 46.2. The van der Waals surface area contributed by atoms with Crippen LogP contribution in [0.15, 0.2) is 77.9 Å². The average molecular weight is 901 g/mol. The van der Waals surface area contributed by atoms with Crippen molar-refractivity contribution in [1.29, 1.82) is 0 Å². The van der Waals surface area contributed by atoms with Gasteiger partial charge >= 0.3 is 0 Å². The van der Waals surface area contributed by atoms with Gasteiger partial charge in [-0.15, -0.1) is 0 Å². The molecule has 346 valence electrons. The Morgan fingerprint density at radius 2 is 1.67 bits per heavy atom. The molecular weight excluding hydrogens is 843 g/mol. The number of rotatable bonds is 11. The summed E-state index contributed by atoms with van der Waals surface area (Å²) in [7, 11) is 3.78. The van der Waals surface area contributed by atoms with Crippen LogP contribution in [0.1, 0.15) is 72.2 Å². The molecule has 0 saturated carbocycles. The largest absolute Gasteiger partial charge is 0.388 e. The van der Waals surface area contributed by atoms with E-state index in [1.165, 1.54) is 12.1 Å². The highest BCUT2D eigenvalue weighted by Gasteiger charge is 2.31. The fourth-order valence-corrected chi connectivity index (χ4v) is 10.3. The predicted molar refractivity (Wildman–Crippen MR) is 253 cm³/mol. The third-order valence-electron chi connectivity index (χ3n) is 14.1. The second kappa shape index (κ2) is 18.8. The zero-order valence-corrected chi connectivity index (χ0v) is 38.1. The molecule has 2 aromatic carbocycles. The summed E-state index contributed by atoms with van der Waals surface area (Å²) >= 11 is 0. The molecule has 0 unspecified atom stereocenters. The predicted octanol–water partition coefficient (Wildman–Crippen LogP) is 6.09. The molecule has 3 amide bonds. The van der Waals surface area contributed by atoms with E-state index in [0.717, 1.165) is 78.3 Å². The maximum Gasteiger partial charge on any atom is 0.257 e. The van der Waals surface area contributed by atoms with Crippen molar-refractivity contribution < 1.29 is 23.2 Å². The van der Waals surface area contributed by atoms with Crippen LogP contribution in [0.25, 0.3) is 22.3 Å². The number of aryl methyl sites for hydroxylation is 2. The molecule has 66 heavy (non-hydrogen) atoms. The smallest absolute Gasteiger partial charge is 0.257 e. The van der Waals surface area contributed by atoms with Gasteiger partial charge in [0.2, 0.25) is 11.8 Å². The fourth-order valence-electron chi connectivity index (χ4n) is 10.3. The van der Waals surface area contributed by atoms with E-state index in [1.807, 2.05) is 42.0 Å². The van der Waals surface area contributed by atoms with Gasteiger partial charge in [-0.1, -0.05) is 6.08 Å². The third kappa shape index (κ3) is 9.08. The quantitative estimate of drug-likeness (QED) is 0.134. The van der Waals surface area contributed by atoms with E-state index in [4.69, 9.17) is 0 Å². The van der Waals surface area contributed by atoms with E-state index in [2.05, 4.69) is 54.4 Å². The normalized spacial score (nSPS) is 19.5. The van der Waals surface area contributed by atoms with E-state index in [0.29, 0.717) is 74.0 Å². The van der Waals surface area contributed by atoms with E-state index >= 15 is 8.78 Å². The molecule has 0 aliphatic carbocycles.